The van der Waals surface area contributed by atoms with E-state index in [9.17, 15) is 4.79 Å². The van der Waals surface area contributed by atoms with Gasteiger partial charge in [-0.15, -0.1) is 0 Å². The first kappa shape index (κ1) is 13.8. The molecule has 2 atom stereocenters. The molecule has 2 N–H and O–H groups in total. The second kappa shape index (κ2) is 7.14. The molecule has 1 rings (SSSR count). The molecule has 1 saturated heterocycles. The molecule has 0 bridgehead atoms. The van der Waals surface area contributed by atoms with E-state index < -0.39 is 0 Å². The summed E-state index contributed by atoms with van der Waals surface area (Å²) in [4.78, 5) is 13.9. The molecule has 0 spiro atoms. The minimum Gasteiger partial charge on any atom is -0.380 e. The molecule has 0 aliphatic carbocycles. The molecule has 1 heterocycles. The summed E-state index contributed by atoms with van der Waals surface area (Å²) in [5.74, 6) is 1.02. The number of ether oxygens (including phenoxy) is 1. The molecule has 0 aromatic carbocycles. The fourth-order valence-corrected chi connectivity index (χ4v) is 2.42. The number of nitrogens with zero attached hydrogens (tertiary/aromatic N) is 1. The van der Waals surface area contributed by atoms with E-state index in [2.05, 4.69) is 0 Å². The smallest absolute Gasteiger partial charge is 0.239 e. The van der Waals surface area contributed by atoms with Crippen molar-refractivity contribution in [1.29, 1.82) is 0 Å². The molecule has 1 aliphatic rings. The molecule has 4 nitrogen and oxygen atoms in total. The highest BCUT2D eigenvalue weighted by Gasteiger charge is 2.26. The Hall–Kier alpha value is -0.260. The second-order valence-electron chi connectivity index (χ2n) is 4.17. The van der Waals surface area contributed by atoms with Crippen LogP contribution >= 0.6 is 11.8 Å². The van der Waals surface area contributed by atoms with Gasteiger partial charge in [0.05, 0.1) is 12.1 Å². The molecule has 0 aromatic rings. The predicted octanol–water partition coefficient (Wildman–Crippen LogP) is 0.704. The molecule has 1 fully saturated rings. The summed E-state index contributed by atoms with van der Waals surface area (Å²) in [6, 6.07) is -0.344. The highest BCUT2D eigenvalue weighted by molar-refractivity contribution is 7.98. The van der Waals surface area contributed by atoms with Crippen LogP contribution in [0.25, 0.3) is 0 Å². The lowest BCUT2D eigenvalue weighted by Gasteiger charge is -2.33. The van der Waals surface area contributed by atoms with Crippen LogP contribution < -0.4 is 5.73 Å². The number of carbonyl (C=O) groups excluding carboxylic acids is 1. The lowest BCUT2D eigenvalue weighted by Crippen LogP contribution is -2.49. The van der Waals surface area contributed by atoms with Gasteiger partial charge in [0.25, 0.3) is 0 Å². The number of rotatable bonds is 5. The Morgan fingerprint density at radius 3 is 3.06 bits per heavy atom. The van der Waals surface area contributed by atoms with Crippen molar-refractivity contribution in [2.45, 2.75) is 31.4 Å². The summed E-state index contributed by atoms with van der Waals surface area (Å²) in [5.41, 5.74) is 5.88. The summed E-state index contributed by atoms with van der Waals surface area (Å²) in [6.45, 7) is 1.52. The minimum absolute atomic E-state index is 0.0794. The summed E-state index contributed by atoms with van der Waals surface area (Å²) in [6.07, 6.45) is 5.03. The lowest BCUT2D eigenvalue weighted by molar-refractivity contribution is -0.136. The van der Waals surface area contributed by atoms with Gasteiger partial charge >= 0.3 is 0 Å². The van der Waals surface area contributed by atoms with Crippen LogP contribution in [0, 0.1) is 0 Å². The quantitative estimate of drug-likeness (QED) is 0.776. The monoisotopic (exact) mass is 246 g/mol. The Morgan fingerprint density at radius 2 is 2.44 bits per heavy atom. The fourth-order valence-electron chi connectivity index (χ4n) is 1.93. The Kier molecular flexibility index (Phi) is 6.16. The molecule has 0 aromatic heterocycles. The zero-order chi connectivity index (χ0) is 12.0. The Balaban J connectivity index is 2.40. The Morgan fingerprint density at radius 1 is 1.69 bits per heavy atom. The molecule has 1 unspecified atom stereocenters. The third-order valence-corrected chi connectivity index (χ3v) is 3.62. The third-order valence-electron chi connectivity index (χ3n) is 2.97. The zero-order valence-corrected chi connectivity index (χ0v) is 11.0. The average Bonchev–Trinajstić information content (AvgIpc) is 2.35. The number of amides is 1. The van der Waals surface area contributed by atoms with Crippen LogP contribution in [0.3, 0.4) is 0 Å². The van der Waals surface area contributed by atoms with Crippen molar-refractivity contribution < 1.29 is 9.53 Å². The number of likely N-dealkylation sites (tertiary alicyclic amines) is 1. The van der Waals surface area contributed by atoms with Gasteiger partial charge in [-0.3, -0.25) is 4.79 Å². The number of hydrogen-bond acceptors (Lipinski definition) is 4. The maximum atomic E-state index is 12.0. The van der Waals surface area contributed by atoms with Crippen molar-refractivity contribution in [2.24, 2.45) is 5.73 Å². The third kappa shape index (κ3) is 3.96. The summed E-state index contributed by atoms with van der Waals surface area (Å²) in [5, 5.41) is 0. The average molecular weight is 246 g/mol. The normalized spacial score (nSPS) is 23.2. The van der Waals surface area contributed by atoms with Gasteiger partial charge < -0.3 is 15.4 Å². The number of carbonyl (C=O) groups is 1. The van der Waals surface area contributed by atoms with Gasteiger partial charge in [0, 0.05) is 20.2 Å². The molecule has 94 valence electrons. The standard InChI is InChI=1S/C11H22N2O2S/c1-15-9-4-3-6-13(8-9)11(14)10(12)5-7-16-2/h9-10H,3-8,12H2,1-2H3/t9?,10-/m1/s1. The van der Waals surface area contributed by atoms with Crippen LogP contribution in [0.1, 0.15) is 19.3 Å². The highest BCUT2D eigenvalue weighted by Crippen LogP contribution is 2.14. The largest absolute Gasteiger partial charge is 0.380 e. The Labute approximate surface area is 102 Å². The van der Waals surface area contributed by atoms with E-state index in [1.54, 1.807) is 18.9 Å². The van der Waals surface area contributed by atoms with Crippen LogP contribution in [0.4, 0.5) is 0 Å². The fraction of sp³-hybridized carbons (Fsp3) is 0.909. The van der Waals surface area contributed by atoms with E-state index in [1.165, 1.54) is 0 Å². The van der Waals surface area contributed by atoms with Crippen molar-refractivity contribution in [2.75, 3.05) is 32.2 Å². The molecular formula is C11H22N2O2S. The topological polar surface area (TPSA) is 55.6 Å². The maximum Gasteiger partial charge on any atom is 0.239 e. The van der Waals surface area contributed by atoms with Crippen LogP contribution in [0.2, 0.25) is 0 Å². The molecule has 1 aliphatic heterocycles. The summed E-state index contributed by atoms with van der Waals surface area (Å²) < 4.78 is 5.29. The first-order valence-corrected chi connectivity index (χ1v) is 7.14. The highest BCUT2D eigenvalue weighted by atomic mass is 32.2. The van der Waals surface area contributed by atoms with Gasteiger partial charge in [0.2, 0.25) is 5.91 Å². The van der Waals surface area contributed by atoms with Gasteiger partial charge in [0.1, 0.15) is 0 Å². The van der Waals surface area contributed by atoms with Gasteiger partial charge in [-0.2, -0.15) is 11.8 Å². The molecule has 1 amide bonds. The summed E-state index contributed by atoms with van der Waals surface area (Å²) in [7, 11) is 1.70. The molecule has 5 heteroatoms. The van der Waals surface area contributed by atoms with Crippen LogP contribution in [0.5, 0.6) is 0 Å². The lowest BCUT2D eigenvalue weighted by atomic mass is 10.1. The molecule has 0 saturated carbocycles. The molecular weight excluding hydrogens is 224 g/mol. The van der Waals surface area contributed by atoms with E-state index in [4.69, 9.17) is 10.5 Å². The molecule has 0 radical (unpaired) electrons. The zero-order valence-electron chi connectivity index (χ0n) is 10.1. The van der Waals surface area contributed by atoms with Crippen LogP contribution in [-0.4, -0.2) is 55.2 Å². The van der Waals surface area contributed by atoms with Gasteiger partial charge in [-0.25, -0.2) is 0 Å². The SMILES string of the molecule is COC1CCCN(C(=O)[C@H](N)CCSC)C1. The van der Waals surface area contributed by atoms with E-state index in [0.29, 0.717) is 6.54 Å². The van der Waals surface area contributed by atoms with Gasteiger partial charge in [-0.05, 0) is 31.3 Å². The van der Waals surface area contributed by atoms with Crippen LogP contribution in [-0.2, 0) is 9.53 Å². The van der Waals surface area contributed by atoms with E-state index in [0.717, 1.165) is 31.6 Å². The van der Waals surface area contributed by atoms with Crippen molar-refractivity contribution in [3.8, 4) is 0 Å². The van der Waals surface area contributed by atoms with Crippen LogP contribution in [0.15, 0.2) is 0 Å². The van der Waals surface area contributed by atoms with Gasteiger partial charge in [0.15, 0.2) is 0 Å². The van der Waals surface area contributed by atoms with Crippen molar-refractivity contribution >= 4 is 17.7 Å². The number of hydrogen-bond donors (Lipinski definition) is 1. The number of methoxy groups -OCH3 is 1. The summed E-state index contributed by atoms with van der Waals surface area (Å²) >= 11 is 1.72. The Bertz CT molecular complexity index is 226. The molecule has 16 heavy (non-hydrogen) atoms. The maximum absolute atomic E-state index is 12.0. The number of piperidine rings is 1. The minimum atomic E-state index is -0.344. The van der Waals surface area contributed by atoms with Gasteiger partial charge in [-0.1, -0.05) is 0 Å². The number of thioether (sulfide) groups is 1. The first-order valence-electron chi connectivity index (χ1n) is 5.75. The second-order valence-corrected chi connectivity index (χ2v) is 5.16. The van der Waals surface area contributed by atoms with E-state index in [1.807, 2.05) is 11.2 Å². The van der Waals surface area contributed by atoms with E-state index in [-0.39, 0.29) is 18.1 Å². The number of nitrogens with two attached hydrogens (primary N) is 1. The van der Waals surface area contributed by atoms with Crippen molar-refractivity contribution in [3.05, 3.63) is 0 Å². The van der Waals surface area contributed by atoms with Crippen molar-refractivity contribution in [1.82, 2.24) is 4.90 Å². The van der Waals surface area contributed by atoms with Crippen molar-refractivity contribution in [3.63, 3.8) is 0 Å². The van der Waals surface area contributed by atoms with E-state index >= 15 is 0 Å². The first-order chi connectivity index (χ1) is 7.69. The predicted molar refractivity (Wildman–Crippen MR) is 67.6 cm³/mol.